The summed E-state index contributed by atoms with van der Waals surface area (Å²) in [5.74, 6) is -0.393. The van der Waals surface area contributed by atoms with Gasteiger partial charge in [-0.3, -0.25) is 14.2 Å². The van der Waals surface area contributed by atoms with Gasteiger partial charge in [0.1, 0.15) is 0 Å². The molecular weight excluding hydrogens is 292 g/mol. The van der Waals surface area contributed by atoms with Crippen LogP contribution in [0.25, 0.3) is 0 Å². The first-order chi connectivity index (χ1) is 9.87. The van der Waals surface area contributed by atoms with Crippen LogP contribution in [0.3, 0.4) is 0 Å². The Labute approximate surface area is 122 Å². The first-order valence-electron chi connectivity index (χ1n) is 6.08. The molecule has 1 aromatic carbocycles. The minimum absolute atomic E-state index is 0.104. The van der Waals surface area contributed by atoms with Crippen molar-refractivity contribution in [3.63, 3.8) is 0 Å². The van der Waals surface area contributed by atoms with Crippen LogP contribution in [0.4, 0.5) is 0 Å². The number of rotatable bonds is 4. The molecule has 0 radical (unpaired) electrons. The zero-order chi connectivity index (χ0) is 15.6. The molecule has 1 heterocycles. The van der Waals surface area contributed by atoms with Crippen molar-refractivity contribution < 1.29 is 18.0 Å². The van der Waals surface area contributed by atoms with Crippen molar-refractivity contribution >= 4 is 22.2 Å². The largest absolute Gasteiger partial charge is 0.296 e. The van der Waals surface area contributed by atoms with Crippen molar-refractivity contribution in [1.29, 1.82) is 0 Å². The van der Waals surface area contributed by atoms with E-state index in [0.717, 1.165) is 4.31 Å². The lowest BCUT2D eigenvalue weighted by atomic mass is 10.2. The van der Waals surface area contributed by atoms with Crippen LogP contribution in [-0.2, 0) is 10.0 Å². The predicted octanol–water partition coefficient (Wildman–Crippen LogP) is 1.24. The van der Waals surface area contributed by atoms with E-state index in [1.807, 2.05) is 0 Å². The third kappa shape index (κ3) is 2.79. The van der Waals surface area contributed by atoms with Crippen molar-refractivity contribution in [2.24, 2.45) is 0 Å². The number of benzene rings is 1. The number of hydrogen-bond acceptors (Lipinski definition) is 4. The summed E-state index contributed by atoms with van der Waals surface area (Å²) in [5.41, 5.74) is 0.539. The molecule has 0 amide bonds. The van der Waals surface area contributed by atoms with Crippen molar-refractivity contribution in [2.75, 3.05) is 14.1 Å². The highest BCUT2D eigenvalue weighted by molar-refractivity contribution is 7.89. The fraction of sp³-hybridized carbons (Fsp3) is 0.143. The van der Waals surface area contributed by atoms with Crippen LogP contribution in [0.2, 0.25) is 0 Å². The molecule has 2 aromatic rings. The third-order valence-electron chi connectivity index (χ3n) is 3.00. The van der Waals surface area contributed by atoms with E-state index in [4.69, 9.17) is 0 Å². The molecule has 0 bridgehead atoms. The van der Waals surface area contributed by atoms with Gasteiger partial charge in [-0.05, 0) is 36.4 Å². The molecule has 0 N–H and O–H groups in total. The lowest BCUT2D eigenvalue weighted by Gasteiger charge is -2.11. The van der Waals surface area contributed by atoms with E-state index in [0.29, 0.717) is 11.8 Å². The van der Waals surface area contributed by atoms with Gasteiger partial charge in [-0.25, -0.2) is 12.7 Å². The highest BCUT2D eigenvalue weighted by Gasteiger charge is 2.18. The molecule has 0 unspecified atom stereocenters. The smallest absolute Gasteiger partial charge is 0.262 e. The molecule has 21 heavy (non-hydrogen) atoms. The summed E-state index contributed by atoms with van der Waals surface area (Å²) in [7, 11) is -0.657. The van der Waals surface area contributed by atoms with E-state index < -0.39 is 15.9 Å². The van der Waals surface area contributed by atoms with Crippen LogP contribution in [0.1, 0.15) is 20.8 Å². The SMILES string of the molecule is CN(C)S(=O)(=O)c1ccc(C(=O)n2cccc2C=O)cc1. The van der Waals surface area contributed by atoms with Crippen molar-refractivity contribution in [2.45, 2.75) is 4.90 Å². The number of carbonyl (C=O) groups is 2. The van der Waals surface area contributed by atoms with Crippen molar-refractivity contribution in [3.8, 4) is 0 Å². The van der Waals surface area contributed by atoms with Gasteiger partial charge in [0.05, 0.1) is 10.6 Å². The number of carbonyl (C=O) groups excluding carboxylic acids is 2. The summed E-state index contributed by atoms with van der Waals surface area (Å²) in [6.45, 7) is 0. The molecule has 0 atom stereocenters. The molecule has 0 aliphatic carbocycles. The third-order valence-corrected chi connectivity index (χ3v) is 4.83. The van der Waals surface area contributed by atoms with E-state index in [2.05, 4.69) is 0 Å². The van der Waals surface area contributed by atoms with Gasteiger partial charge >= 0.3 is 0 Å². The maximum Gasteiger partial charge on any atom is 0.262 e. The first-order valence-corrected chi connectivity index (χ1v) is 7.52. The molecule has 0 aliphatic heterocycles. The Bertz CT molecular complexity index is 774. The molecule has 0 spiro atoms. The average molecular weight is 306 g/mol. The van der Waals surface area contributed by atoms with Gasteiger partial charge in [-0.15, -0.1) is 0 Å². The highest BCUT2D eigenvalue weighted by Crippen LogP contribution is 2.15. The molecule has 0 fully saturated rings. The zero-order valence-electron chi connectivity index (χ0n) is 11.6. The summed E-state index contributed by atoms with van der Waals surface area (Å²) >= 11 is 0. The predicted molar refractivity (Wildman–Crippen MR) is 76.9 cm³/mol. The Morgan fingerprint density at radius 1 is 1.14 bits per heavy atom. The second kappa shape index (κ2) is 5.63. The Morgan fingerprint density at radius 2 is 1.76 bits per heavy atom. The highest BCUT2D eigenvalue weighted by atomic mass is 32.2. The monoisotopic (exact) mass is 306 g/mol. The molecule has 6 nitrogen and oxygen atoms in total. The maximum absolute atomic E-state index is 12.2. The second-order valence-corrected chi connectivity index (χ2v) is 6.69. The van der Waals surface area contributed by atoms with E-state index in [9.17, 15) is 18.0 Å². The van der Waals surface area contributed by atoms with E-state index in [-0.39, 0.29) is 10.6 Å². The molecule has 0 saturated heterocycles. The molecule has 110 valence electrons. The Morgan fingerprint density at radius 3 is 2.29 bits per heavy atom. The number of aromatic nitrogens is 1. The maximum atomic E-state index is 12.2. The Kier molecular flexibility index (Phi) is 4.06. The summed E-state index contributed by atoms with van der Waals surface area (Å²) in [6.07, 6.45) is 2.07. The second-order valence-electron chi connectivity index (χ2n) is 4.54. The van der Waals surface area contributed by atoms with Crippen LogP contribution in [0, 0.1) is 0 Å². The van der Waals surface area contributed by atoms with Gasteiger partial charge in [0.25, 0.3) is 5.91 Å². The fourth-order valence-electron chi connectivity index (χ4n) is 1.79. The van der Waals surface area contributed by atoms with Crippen LogP contribution in [0.5, 0.6) is 0 Å². The summed E-state index contributed by atoms with van der Waals surface area (Å²) in [4.78, 5) is 23.2. The minimum Gasteiger partial charge on any atom is -0.296 e. The average Bonchev–Trinajstić information content (AvgIpc) is 2.94. The van der Waals surface area contributed by atoms with Crippen LogP contribution < -0.4 is 0 Å². The summed E-state index contributed by atoms with van der Waals surface area (Å²) in [6, 6.07) is 8.70. The first kappa shape index (κ1) is 15.1. The van der Waals surface area contributed by atoms with Crippen molar-refractivity contribution in [1.82, 2.24) is 8.87 Å². The van der Waals surface area contributed by atoms with Gasteiger partial charge in [-0.1, -0.05) is 0 Å². The van der Waals surface area contributed by atoms with Gasteiger partial charge < -0.3 is 0 Å². The van der Waals surface area contributed by atoms with Gasteiger partial charge in [0, 0.05) is 25.9 Å². The molecule has 7 heteroatoms. The molecular formula is C14H14N2O4S. The molecule has 0 saturated carbocycles. The number of sulfonamides is 1. The lowest BCUT2D eigenvalue weighted by Crippen LogP contribution is -2.22. The Hall–Kier alpha value is -2.25. The van der Waals surface area contributed by atoms with E-state index in [1.54, 1.807) is 6.07 Å². The lowest BCUT2D eigenvalue weighted by molar-refractivity contribution is 0.0947. The topological polar surface area (TPSA) is 76.5 Å². The van der Waals surface area contributed by atoms with Gasteiger partial charge in [-0.2, -0.15) is 0 Å². The molecule has 1 aromatic heterocycles. The standard InChI is InChI=1S/C14H14N2O4S/c1-15(2)21(19,20)13-7-5-11(6-8-13)14(18)16-9-3-4-12(16)10-17/h3-10H,1-2H3. The summed E-state index contributed by atoms with van der Waals surface area (Å²) < 4.78 is 26.2. The summed E-state index contributed by atoms with van der Waals surface area (Å²) in [5, 5.41) is 0. The quantitative estimate of drug-likeness (QED) is 0.796. The van der Waals surface area contributed by atoms with E-state index >= 15 is 0 Å². The number of hydrogen-bond donors (Lipinski definition) is 0. The molecule has 0 aliphatic rings. The normalized spacial score (nSPS) is 11.6. The van der Waals surface area contributed by atoms with E-state index in [1.165, 1.54) is 55.2 Å². The van der Waals surface area contributed by atoms with Gasteiger partial charge in [0.15, 0.2) is 6.29 Å². The number of nitrogens with zero attached hydrogens (tertiary/aromatic N) is 2. The van der Waals surface area contributed by atoms with Crippen LogP contribution in [-0.4, -0.2) is 43.6 Å². The van der Waals surface area contributed by atoms with Crippen molar-refractivity contribution in [3.05, 3.63) is 53.9 Å². The fourth-order valence-corrected chi connectivity index (χ4v) is 2.70. The van der Waals surface area contributed by atoms with Gasteiger partial charge in [0.2, 0.25) is 10.0 Å². The van der Waals surface area contributed by atoms with Crippen LogP contribution in [0.15, 0.2) is 47.5 Å². The minimum atomic E-state index is -3.53. The zero-order valence-corrected chi connectivity index (χ0v) is 12.4. The Balaban J connectivity index is 2.36. The van der Waals surface area contributed by atoms with Crippen LogP contribution >= 0.6 is 0 Å². The molecule has 2 rings (SSSR count). The number of aldehydes is 1.